The number of thioether (sulfide) groups is 1. The van der Waals surface area contributed by atoms with E-state index in [1.165, 1.54) is 11.8 Å². The van der Waals surface area contributed by atoms with E-state index in [4.69, 9.17) is 12.2 Å². The van der Waals surface area contributed by atoms with Crippen LogP contribution < -0.4 is 9.80 Å². The predicted octanol–water partition coefficient (Wildman–Crippen LogP) is 3.88. The minimum absolute atomic E-state index is 0.183. The number of fused-ring (bicyclic) bond motifs is 1. The zero-order chi connectivity index (χ0) is 20.5. The molecule has 2 aromatic carbocycles. The molecule has 2 aliphatic heterocycles. The summed E-state index contributed by atoms with van der Waals surface area (Å²) in [5.41, 5.74) is 2.97. The molecule has 146 valence electrons. The van der Waals surface area contributed by atoms with Gasteiger partial charge in [-0.15, -0.1) is 6.58 Å². The average Bonchev–Trinajstić information content (AvgIpc) is 3.15. The van der Waals surface area contributed by atoms with Crippen LogP contribution in [0.2, 0.25) is 0 Å². The lowest BCUT2D eigenvalue weighted by Crippen LogP contribution is -2.40. The van der Waals surface area contributed by atoms with Crippen LogP contribution >= 0.6 is 24.0 Å². The average molecular weight is 422 g/mol. The summed E-state index contributed by atoms with van der Waals surface area (Å²) in [6, 6.07) is 17.3. The Morgan fingerprint density at radius 2 is 1.76 bits per heavy atom. The summed E-state index contributed by atoms with van der Waals surface area (Å²) in [7, 11) is 1.72. The summed E-state index contributed by atoms with van der Waals surface area (Å²) in [6.45, 7) is 4.68. The van der Waals surface area contributed by atoms with Gasteiger partial charge in [-0.3, -0.25) is 14.5 Å². The van der Waals surface area contributed by atoms with Crippen LogP contribution in [-0.2, 0) is 9.59 Å². The molecular weight excluding hydrogens is 402 g/mol. The third kappa shape index (κ3) is 3.36. The number of carbonyl (C=O) groups is 2. The van der Waals surface area contributed by atoms with Crippen molar-refractivity contribution in [3.05, 3.63) is 77.7 Å². The van der Waals surface area contributed by atoms with Crippen molar-refractivity contribution in [3.63, 3.8) is 0 Å². The van der Waals surface area contributed by atoms with Gasteiger partial charge >= 0.3 is 0 Å². The van der Waals surface area contributed by atoms with Crippen LogP contribution in [0.3, 0.4) is 0 Å². The smallest absolute Gasteiger partial charge is 0.268 e. The maximum atomic E-state index is 13.3. The van der Waals surface area contributed by atoms with E-state index in [2.05, 4.69) is 6.58 Å². The molecule has 0 bridgehead atoms. The molecule has 29 heavy (non-hydrogen) atoms. The first-order chi connectivity index (χ1) is 14.0. The minimum atomic E-state index is -0.238. The first-order valence-corrected chi connectivity index (χ1v) is 10.3. The van der Waals surface area contributed by atoms with Crippen LogP contribution in [0.4, 0.5) is 11.4 Å². The number of carbonyl (C=O) groups excluding carboxylic acids is 2. The fourth-order valence-electron chi connectivity index (χ4n) is 3.47. The number of nitrogens with zero attached hydrogens (tertiary/aromatic N) is 3. The second-order valence-corrected chi connectivity index (χ2v) is 8.32. The third-order valence-electron chi connectivity index (χ3n) is 4.91. The standard InChI is InChI=1S/C22H19N3O2S2/c1-3-13-24(15-9-5-4-6-10-15)14-25-21(27)19(29-22(25)28)18-16-11-7-8-12-17(16)23(2)20(18)26/h3-12H,1,13-14H2,2H3. The normalized spacial score (nSPS) is 18.4. The number of hydrogen-bond acceptors (Lipinski definition) is 5. The maximum Gasteiger partial charge on any atom is 0.268 e. The van der Waals surface area contributed by atoms with Crippen molar-refractivity contribution in [3.8, 4) is 0 Å². The number of thiocarbonyl (C=S) groups is 1. The molecule has 1 saturated heterocycles. The Hall–Kier alpha value is -2.90. The van der Waals surface area contributed by atoms with Crippen LogP contribution in [0.5, 0.6) is 0 Å². The lowest BCUT2D eigenvalue weighted by Gasteiger charge is -2.28. The number of anilines is 2. The van der Waals surface area contributed by atoms with Crippen LogP contribution in [0, 0.1) is 0 Å². The van der Waals surface area contributed by atoms with Crippen LogP contribution in [0.15, 0.2) is 72.2 Å². The second kappa shape index (κ2) is 7.85. The van der Waals surface area contributed by atoms with E-state index in [1.807, 2.05) is 59.5 Å². The summed E-state index contributed by atoms with van der Waals surface area (Å²) in [5.74, 6) is -0.420. The Morgan fingerprint density at radius 1 is 1.07 bits per heavy atom. The molecule has 4 rings (SSSR count). The Bertz CT molecular complexity index is 1050. The summed E-state index contributed by atoms with van der Waals surface area (Å²) >= 11 is 6.70. The summed E-state index contributed by atoms with van der Waals surface area (Å²) in [4.78, 5) is 31.7. The highest BCUT2D eigenvalue weighted by Crippen LogP contribution is 2.44. The summed E-state index contributed by atoms with van der Waals surface area (Å²) < 4.78 is 0.447. The zero-order valence-corrected chi connectivity index (χ0v) is 17.5. The Balaban J connectivity index is 1.69. The molecule has 0 radical (unpaired) electrons. The monoisotopic (exact) mass is 421 g/mol. The van der Waals surface area contributed by atoms with E-state index in [1.54, 1.807) is 22.9 Å². The van der Waals surface area contributed by atoms with Gasteiger partial charge in [0.05, 0.1) is 22.8 Å². The zero-order valence-electron chi connectivity index (χ0n) is 15.9. The topological polar surface area (TPSA) is 43.9 Å². The van der Waals surface area contributed by atoms with Gasteiger partial charge in [-0.25, -0.2) is 0 Å². The van der Waals surface area contributed by atoms with Crippen molar-refractivity contribution < 1.29 is 9.59 Å². The highest BCUT2D eigenvalue weighted by atomic mass is 32.2. The highest BCUT2D eigenvalue weighted by molar-refractivity contribution is 8.26. The van der Waals surface area contributed by atoms with Gasteiger partial charge in [-0.2, -0.15) is 0 Å². The molecule has 5 nitrogen and oxygen atoms in total. The molecule has 0 N–H and O–H groups in total. The van der Waals surface area contributed by atoms with Crippen molar-refractivity contribution in [2.45, 2.75) is 0 Å². The van der Waals surface area contributed by atoms with Gasteiger partial charge < -0.3 is 9.80 Å². The SMILES string of the molecule is C=CCN(CN1C(=O)C(=C2C(=O)N(C)c3ccccc32)SC1=S)c1ccccc1. The van der Waals surface area contributed by atoms with Crippen molar-refractivity contribution in [2.24, 2.45) is 0 Å². The molecule has 1 fully saturated rings. The molecule has 2 amide bonds. The first-order valence-electron chi connectivity index (χ1n) is 9.09. The van der Waals surface area contributed by atoms with Crippen molar-refractivity contribution in [1.82, 2.24) is 4.90 Å². The van der Waals surface area contributed by atoms with Gasteiger partial charge in [0.25, 0.3) is 11.8 Å². The van der Waals surface area contributed by atoms with Gasteiger partial charge in [0, 0.05) is 24.8 Å². The van der Waals surface area contributed by atoms with Gasteiger partial charge in [0.2, 0.25) is 0 Å². The number of hydrogen-bond donors (Lipinski definition) is 0. The Labute approximate surface area is 179 Å². The molecule has 0 unspecified atom stereocenters. The summed E-state index contributed by atoms with van der Waals surface area (Å²) in [5, 5.41) is 0. The van der Waals surface area contributed by atoms with Crippen LogP contribution in [0.1, 0.15) is 5.56 Å². The second-order valence-electron chi connectivity index (χ2n) is 6.67. The number of rotatable bonds is 5. The predicted molar refractivity (Wildman–Crippen MR) is 123 cm³/mol. The van der Waals surface area contributed by atoms with E-state index in [0.717, 1.165) is 16.9 Å². The number of benzene rings is 2. The largest absolute Gasteiger partial charge is 0.350 e. The van der Waals surface area contributed by atoms with Gasteiger partial charge in [-0.1, -0.05) is 66.5 Å². The van der Waals surface area contributed by atoms with Crippen LogP contribution in [-0.4, -0.2) is 41.3 Å². The third-order valence-corrected chi connectivity index (χ3v) is 6.36. The molecule has 0 saturated carbocycles. The molecule has 2 heterocycles. The molecule has 0 spiro atoms. The quantitative estimate of drug-likeness (QED) is 0.416. The van der Waals surface area contributed by atoms with Crippen molar-refractivity contribution in [1.29, 1.82) is 0 Å². The fraction of sp³-hybridized carbons (Fsp3) is 0.136. The van der Waals surface area contributed by atoms with E-state index in [0.29, 0.717) is 28.0 Å². The van der Waals surface area contributed by atoms with E-state index in [-0.39, 0.29) is 11.8 Å². The van der Waals surface area contributed by atoms with Crippen molar-refractivity contribution >= 4 is 57.1 Å². The van der Waals surface area contributed by atoms with Crippen LogP contribution in [0.25, 0.3) is 5.57 Å². The molecule has 2 aromatic rings. The van der Waals surface area contributed by atoms with E-state index in [9.17, 15) is 9.59 Å². The van der Waals surface area contributed by atoms with E-state index < -0.39 is 0 Å². The Morgan fingerprint density at radius 3 is 2.48 bits per heavy atom. The van der Waals surface area contributed by atoms with E-state index >= 15 is 0 Å². The highest BCUT2D eigenvalue weighted by Gasteiger charge is 2.41. The van der Waals surface area contributed by atoms with Gasteiger partial charge in [0.1, 0.15) is 4.32 Å². The Kier molecular flexibility index (Phi) is 5.25. The van der Waals surface area contributed by atoms with Gasteiger partial charge in [-0.05, 0) is 18.2 Å². The lowest BCUT2D eigenvalue weighted by atomic mass is 10.1. The lowest BCUT2D eigenvalue weighted by molar-refractivity contribution is -0.122. The number of likely N-dealkylation sites (N-methyl/N-ethyl adjacent to an activating group) is 1. The minimum Gasteiger partial charge on any atom is -0.350 e. The molecule has 2 aliphatic rings. The van der Waals surface area contributed by atoms with Gasteiger partial charge in [0.15, 0.2) is 0 Å². The number of para-hydroxylation sites is 2. The fourth-order valence-corrected chi connectivity index (χ4v) is 4.78. The number of amides is 2. The maximum absolute atomic E-state index is 13.3. The molecular formula is C22H19N3O2S2. The first kappa shape index (κ1) is 19.4. The molecule has 7 heteroatoms. The van der Waals surface area contributed by atoms with Crippen molar-refractivity contribution in [2.75, 3.05) is 30.1 Å². The molecule has 0 aliphatic carbocycles. The summed E-state index contributed by atoms with van der Waals surface area (Å²) in [6.07, 6.45) is 1.79. The molecule has 0 atom stereocenters. The molecule has 0 aromatic heterocycles.